The summed E-state index contributed by atoms with van der Waals surface area (Å²) in [6.45, 7) is 19.0. The molecule has 0 bridgehead atoms. The number of allylic oxidation sites excluding steroid dienone is 2. The van der Waals surface area contributed by atoms with Crippen molar-refractivity contribution in [2.45, 2.75) is 59.8 Å². The summed E-state index contributed by atoms with van der Waals surface area (Å²) in [5.41, 5.74) is 1.05. The first kappa shape index (κ1) is 22.0. The summed E-state index contributed by atoms with van der Waals surface area (Å²) in [5.74, 6) is 2.94. The fourth-order valence-electron chi connectivity index (χ4n) is 2.83. The van der Waals surface area contributed by atoms with Gasteiger partial charge in [0.15, 0.2) is 0 Å². The second kappa shape index (κ2) is 13.5. The van der Waals surface area contributed by atoms with E-state index in [0.29, 0.717) is 11.8 Å². The van der Waals surface area contributed by atoms with Gasteiger partial charge in [0.1, 0.15) is 0 Å². The smallest absolute Gasteiger partial charge is 0.0879 e. The Morgan fingerprint density at radius 3 is 2.17 bits per heavy atom. The molecular formula is C20H39NO2. The third-order valence-electron chi connectivity index (χ3n) is 4.25. The molecule has 0 aliphatic carbocycles. The van der Waals surface area contributed by atoms with Gasteiger partial charge in [0.25, 0.3) is 0 Å². The van der Waals surface area contributed by atoms with Crippen LogP contribution >= 0.6 is 0 Å². The van der Waals surface area contributed by atoms with Crippen LogP contribution in [0.15, 0.2) is 24.6 Å². The highest BCUT2D eigenvalue weighted by Crippen LogP contribution is 2.23. The SMILES string of the molecule is C=C(C)NCC(CCOC)CC[C@@H](C)C[C@@H](C)CCOC(=C)C. The van der Waals surface area contributed by atoms with Gasteiger partial charge in [-0.2, -0.15) is 0 Å². The van der Waals surface area contributed by atoms with E-state index in [9.17, 15) is 0 Å². The van der Waals surface area contributed by atoms with Crippen LogP contribution in [0.25, 0.3) is 0 Å². The monoisotopic (exact) mass is 325 g/mol. The summed E-state index contributed by atoms with van der Waals surface area (Å²) in [5, 5.41) is 3.38. The molecule has 0 radical (unpaired) electrons. The molecule has 0 fully saturated rings. The zero-order chi connectivity index (χ0) is 17.7. The third kappa shape index (κ3) is 14.4. The molecule has 0 aliphatic rings. The van der Waals surface area contributed by atoms with Gasteiger partial charge in [-0.15, -0.1) is 0 Å². The van der Waals surface area contributed by atoms with Crippen LogP contribution < -0.4 is 5.32 Å². The van der Waals surface area contributed by atoms with Crippen LogP contribution in [0.5, 0.6) is 0 Å². The minimum atomic E-state index is 0.663. The molecule has 1 unspecified atom stereocenters. The van der Waals surface area contributed by atoms with E-state index in [1.807, 2.05) is 13.8 Å². The lowest BCUT2D eigenvalue weighted by Crippen LogP contribution is -2.22. The van der Waals surface area contributed by atoms with E-state index in [1.165, 1.54) is 19.3 Å². The highest BCUT2D eigenvalue weighted by atomic mass is 16.5. The second-order valence-corrected chi connectivity index (χ2v) is 7.17. The van der Waals surface area contributed by atoms with Gasteiger partial charge in [-0.25, -0.2) is 0 Å². The summed E-state index contributed by atoms with van der Waals surface area (Å²) in [4.78, 5) is 0. The van der Waals surface area contributed by atoms with Crippen molar-refractivity contribution in [3.05, 3.63) is 24.6 Å². The first-order chi connectivity index (χ1) is 10.8. The first-order valence-corrected chi connectivity index (χ1v) is 9.01. The van der Waals surface area contributed by atoms with Crippen molar-refractivity contribution < 1.29 is 9.47 Å². The maximum absolute atomic E-state index is 5.47. The fraction of sp³-hybridized carbons (Fsp3) is 0.800. The van der Waals surface area contributed by atoms with Gasteiger partial charge < -0.3 is 14.8 Å². The predicted molar refractivity (Wildman–Crippen MR) is 100 cm³/mol. The molecule has 0 amide bonds. The average molecular weight is 326 g/mol. The fourth-order valence-corrected chi connectivity index (χ4v) is 2.83. The minimum Gasteiger partial charge on any atom is -0.499 e. The number of methoxy groups -OCH3 is 1. The molecule has 0 rings (SSSR count). The van der Waals surface area contributed by atoms with Gasteiger partial charge in [0.2, 0.25) is 0 Å². The van der Waals surface area contributed by atoms with Crippen LogP contribution in [0.4, 0.5) is 0 Å². The number of rotatable bonds is 15. The molecule has 1 N–H and O–H groups in total. The lowest BCUT2D eigenvalue weighted by atomic mass is 9.88. The standard InChI is InChI=1S/C20H39NO2/c1-16(2)21-15-20(11-12-22-7)9-8-18(5)14-19(6)10-13-23-17(3)4/h18-21H,1,3,8-15H2,2,4-7H3/t18-,19+,20?/m1/s1. The van der Waals surface area contributed by atoms with Crippen LogP contribution in [-0.4, -0.2) is 26.9 Å². The summed E-state index contributed by atoms with van der Waals surface area (Å²) >= 11 is 0. The van der Waals surface area contributed by atoms with Crippen molar-refractivity contribution in [1.82, 2.24) is 5.32 Å². The van der Waals surface area contributed by atoms with Crippen LogP contribution in [0.2, 0.25) is 0 Å². The Labute approximate surface area is 144 Å². The Morgan fingerprint density at radius 1 is 0.957 bits per heavy atom. The van der Waals surface area contributed by atoms with Gasteiger partial charge in [-0.1, -0.05) is 33.4 Å². The second-order valence-electron chi connectivity index (χ2n) is 7.17. The van der Waals surface area contributed by atoms with Gasteiger partial charge in [0.05, 0.1) is 12.4 Å². The van der Waals surface area contributed by atoms with E-state index in [0.717, 1.165) is 50.0 Å². The maximum atomic E-state index is 5.47. The van der Waals surface area contributed by atoms with E-state index >= 15 is 0 Å². The number of ether oxygens (including phenoxy) is 2. The largest absolute Gasteiger partial charge is 0.499 e. The van der Waals surface area contributed by atoms with Gasteiger partial charge in [0, 0.05) is 26.0 Å². The van der Waals surface area contributed by atoms with Crippen molar-refractivity contribution in [3.63, 3.8) is 0 Å². The molecule has 0 spiro atoms. The quantitative estimate of drug-likeness (QED) is 0.423. The van der Waals surface area contributed by atoms with Gasteiger partial charge >= 0.3 is 0 Å². The van der Waals surface area contributed by atoms with Gasteiger partial charge in [-0.3, -0.25) is 0 Å². The first-order valence-electron chi connectivity index (χ1n) is 9.01. The van der Waals surface area contributed by atoms with Crippen molar-refractivity contribution in [1.29, 1.82) is 0 Å². The average Bonchev–Trinajstić information content (AvgIpc) is 2.45. The molecule has 0 aliphatic heterocycles. The molecule has 3 heteroatoms. The molecule has 0 aromatic heterocycles. The summed E-state index contributed by atoms with van der Waals surface area (Å²) < 4.78 is 10.7. The van der Waals surface area contributed by atoms with Crippen molar-refractivity contribution in [3.8, 4) is 0 Å². The highest BCUT2D eigenvalue weighted by Gasteiger charge is 2.13. The third-order valence-corrected chi connectivity index (χ3v) is 4.25. The lowest BCUT2D eigenvalue weighted by Gasteiger charge is -2.22. The van der Waals surface area contributed by atoms with E-state index in [-0.39, 0.29) is 0 Å². The van der Waals surface area contributed by atoms with Crippen LogP contribution in [0, 0.1) is 17.8 Å². The van der Waals surface area contributed by atoms with Crippen molar-refractivity contribution in [2.75, 3.05) is 26.9 Å². The highest BCUT2D eigenvalue weighted by molar-refractivity contribution is 4.85. The Morgan fingerprint density at radius 2 is 1.61 bits per heavy atom. The van der Waals surface area contributed by atoms with E-state index in [4.69, 9.17) is 9.47 Å². The van der Waals surface area contributed by atoms with E-state index in [2.05, 4.69) is 32.3 Å². The zero-order valence-corrected chi connectivity index (χ0v) is 16.1. The topological polar surface area (TPSA) is 30.5 Å². The molecule has 0 aromatic carbocycles. The number of hydrogen-bond acceptors (Lipinski definition) is 3. The van der Waals surface area contributed by atoms with Crippen LogP contribution in [-0.2, 0) is 9.47 Å². The minimum absolute atomic E-state index is 0.663. The Kier molecular flexibility index (Phi) is 12.9. The van der Waals surface area contributed by atoms with Gasteiger partial charge in [-0.05, 0) is 57.3 Å². The van der Waals surface area contributed by atoms with Crippen molar-refractivity contribution >= 4 is 0 Å². The zero-order valence-electron chi connectivity index (χ0n) is 16.1. The predicted octanol–water partition coefficient (Wildman–Crippen LogP) is 5.15. The Bertz CT molecular complexity index is 328. The van der Waals surface area contributed by atoms with E-state index < -0.39 is 0 Å². The Balaban J connectivity index is 4.00. The van der Waals surface area contributed by atoms with Crippen LogP contribution in [0.3, 0.4) is 0 Å². The Hall–Kier alpha value is -0.960. The normalized spacial score (nSPS) is 14.8. The lowest BCUT2D eigenvalue weighted by molar-refractivity contribution is 0.170. The van der Waals surface area contributed by atoms with Crippen LogP contribution in [0.1, 0.15) is 59.8 Å². The molecule has 23 heavy (non-hydrogen) atoms. The van der Waals surface area contributed by atoms with E-state index in [1.54, 1.807) is 7.11 Å². The maximum Gasteiger partial charge on any atom is 0.0879 e. The molecule has 3 nitrogen and oxygen atoms in total. The number of nitrogens with one attached hydrogen (secondary N) is 1. The number of hydrogen-bond donors (Lipinski definition) is 1. The molecular weight excluding hydrogens is 286 g/mol. The molecule has 0 heterocycles. The summed E-state index contributed by atoms with van der Waals surface area (Å²) in [7, 11) is 1.78. The summed E-state index contributed by atoms with van der Waals surface area (Å²) in [6, 6.07) is 0. The van der Waals surface area contributed by atoms with Crippen molar-refractivity contribution in [2.24, 2.45) is 17.8 Å². The molecule has 0 saturated carbocycles. The summed E-state index contributed by atoms with van der Waals surface area (Å²) in [6.07, 6.45) is 6.02. The molecule has 3 atom stereocenters. The molecule has 136 valence electrons. The molecule has 0 saturated heterocycles. The molecule has 0 aromatic rings.